The molecular weight excluding hydrogens is 490 g/mol. The van der Waals surface area contributed by atoms with Crippen LogP contribution in [0.25, 0.3) is 5.76 Å². The number of likely N-dealkylation sites (N-methyl/N-ethyl adjacent to an activating group) is 1. The Balaban J connectivity index is 1.60. The highest BCUT2D eigenvalue weighted by Gasteiger charge is 2.67. The van der Waals surface area contributed by atoms with E-state index in [0.717, 1.165) is 11.3 Å². The van der Waals surface area contributed by atoms with Crippen molar-refractivity contribution >= 4 is 23.2 Å². The van der Waals surface area contributed by atoms with Crippen LogP contribution in [0.3, 0.4) is 0 Å². The number of aryl methyl sites for hydroxylation is 2. The number of phenolic OH excluding ortho intramolecular Hbond substituents is 1. The molecule has 0 radical (unpaired) electrons. The number of primary amides is 1. The average Bonchev–Trinajstić information content (AvgIpc) is 2.86. The van der Waals surface area contributed by atoms with Crippen LogP contribution >= 0.6 is 0 Å². The van der Waals surface area contributed by atoms with Crippen LogP contribution in [0.1, 0.15) is 28.8 Å². The number of nitrogens with zero attached hydrogens (tertiary/aromatic N) is 2. The molecule has 10 heteroatoms. The number of Topliss-reactive ketones (excluding diaryl/α,β-unsaturated/α-hetero) is 2. The van der Waals surface area contributed by atoms with E-state index in [0.29, 0.717) is 18.4 Å². The van der Waals surface area contributed by atoms with E-state index in [1.165, 1.54) is 6.07 Å². The normalized spacial score (nSPS) is 30.6. The fraction of sp³-hybridized carbons (Fsp3) is 0.429. The van der Waals surface area contributed by atoms with E-state index in [1.54, 1.807) is 31.3 Å². The molecule has 3 aliphatic rings. The summed E-state index contributed by atoms with van der Waals surface area (Å²) >= 11 is 0. The Morgan fingerprint density at radius 1 is 1.16 bits per heavy atom. The third-order valence-corrected chi connectivity index (χ3v) is 8.45. The van der Waals surface area contributed by atoms with Gasteiger partial charge in [-0.05, 0) is 75.0 Å². The highest BCUT2D eigenvalue weighted by molar-refractivity contribution is 6.25. The number of ketones is 2. The fourth-order valence-electron chi connectivity index (χ4n) is 6.71. The molecule has 0 aliphatic heterocycles. The van der Waals surface area contributed by atoms with Crippen molar-refractivity contribution < 1.29 is 34.8 Å². The maximum absolute atomic E-state index is 13.9. The van der Waals surface area contributed by atoms with Gasteiger partial charge in [0.25, 0.3) is 0 Å². The minimum atomic E-state index is -2.66. The molecule has 6 atom stereocenters. The average molecular weight is 522 g/mol. The molecule has 6 N–H and O–H groups in total. The Morgan fingerprint density at radius 2 is 1.89 bits per heavy atom. The number of carbonyl (C=O) groups is 3. The summed E-state index contributed by atoms with van der Waals surface area (Å²) in [6.07, 6.45) is 1.77. The molecule has 0 bridgehead atoms. The standard InChI is InChI=1S/C28H31N3O7/c1-31(2)22-17-12-14-11-16-13(6-8-15-5-3-4-10-30-15)7-9-18(32)20(16)23(33)19(14)25(35)28(17,38)26(36)21(24(22)34)27(29)37/h3-5,7,9-10,14,17,21-22,24,32-34,38H,6,8,11-12H2,1-2H3,(H2,29,37)/t14-,17-,21?,22-,24?,28-/m1/s1. The van der Waals surface area contributed by atoms with Gasteiger partial charge in [0.15, 0.2) is 11.4 Å². The number of benzene rings is 1. The molecule has 2 aromatic rings. The number of hydrogen-bond acceptors (Lipinski definition) is 9. The van der Waals surface area contributed by atoms with Crippen molar-refractivity contribution in [2.24, 2.45) is 23.5 Å². The van der Waals surface area contributed by atoms with Crippen molar-refractivity contribution in [2.45, 2.75) is 43.4 Å². The predicted octanol–water partition coefficient (Wildman–Crippen LogP) is 0.309. The van der Waals surface area contributed by atoms with Crippen LogP contribution in [0.4, 0.5) is 0 Å². The van der Waals surface area contributed by atoms with Crippen LogP contribution in [0.15, 0.2) is 42.1 Å². The molecule has 2 unspecified atom stereocenters. The Bertz CT molecular complexity index is 1360. The second-order valence-electron chi connectivity index (χ2n) is 10.7. The lowest BCUT2D eigenvalue weighted by atomic mass is 9.54. The summed E-state index contributed by atoms with van der Waals surface area (Å²) in [7, 11) is 3.25. The SMILES string of the molecule is CN(C)[C@H]1C(O)C(C(N)=O)C(=O)[C@]2(O)C(=O)C3=C(O)c4c(O)ccc(CCc5ccccn5)c4C[C@@H]3C[C@H]12. The Morgan fingerprint density at radius 3 is 2.53 bits per heavy atom. The van der Waals surface area contributed by atoms with Crippen molar-refractivity contribution in [2.75, 3.05) is 14.1 Å². The summed E-state index contributed by atoms with van der Waals surface area (Å²) in [4.78, 5) is 45.3. The second kappa shape index (κ2) is 9.30. The largest absolute Gasteiger partial charge is 0.507 e. The quantitative estimate of drug-likeness (QED) is 0.347. The first-order valence-corrected chi connectivity index (χ1v) is 12.6. The number of pyridine rings is 1. The van der Waals surface area contributed by atoms with Gasteiger partial charge in [-0.25, -0.2) is 0 Å². The summed E-state index contributed by atoms with van der Waals surface area (Å²) < 4.78 is 0. The molecule has 2 fully saturated rings. The number of nitrogens with two attached hydrogens (primary N) is 1. The van der Waals surface area contributed by atoms with Crippen molar-refractivity contribution in [3.63, 3.8) is 0 Å². The van der Waals surface area contributed by atoms with E-state index in [1.807, 2.05) is 18.2 Å². The topological polar surface area (TPSA) is 174 Å². The number of phenols is 1. The molecule has 1 amide bonds. The summed E-state index contributed by atoms with van der Waals surface area (Å²) in [6, 6.07) is 7.95. The van der Waals surface area contributed by atoms with Crippen LogP contribution in [0.2, 0.25) is 0 Å². The van der Waals surface area contributed by atoms with Gasteiger partial charge in [0.05, 0.1) is 11.7 Å². The Hall–Kier alpha value is -3.60. The molecule has 2 saturated carbocycles. The van der Waals surface area contributed by atoms with E-state index < -0.39 is 58.7 Å². The second-order valence-corrected chi connectivity index (χ2v) is 10.7. The lowest BCUT2D eigenvalue weighted by molar-refractivity contribution is -0.184. The Labute approximate surface area is 219 Å². The molecular formula is C28H31N3O7. The Kier molecular flexibility index (Phi) is 6.37. The van der Waals surface area contributed by atoms with Crippen molar-refractivity contribution in [1.82, 2.24) is 9.88 Å². The van der Waals surface area contributed by atoms with Gasteiger partial charge in [-0.2, -0.15) is 0 Å². The van der Waals surface area contributed by atoms with Crippen LogP contribution in [-0.4, -0.2) is 79.6 Å². The van der Waals surface area contributed by atoms with Gasteiger partial charge in [0, 0.05) is 29.4 Å². The third-order valence-electron chi connectivity index (χ3n) is 8.45. The number of aliphatic hydroxyl groups excluding tert-OH is 2. The lowest BCUT2D eigenvalue weighted by Gasteiger charge is -2.53. The van der Waals surface area contributed by atoms with Crippen molar-refractivity contribution in [3.05, 3.63) is 64.5 Å². The van der Waals surface area contributed by atoms with Crippen molar-refractivity contribution in [1.29, 1.82) is 0 Å². The summed E-state index contributed by atoms with van der Waals surface area (Å²) in [5.74, 6) is -7.44. The predicted molar refractivity (Wildman–Crippen MR) is 136 cm³/mol. The number of rotatable bonds is 5. The zero-order chi connectivity index (χ0) is 27.5. The molecule has 1 heterocycles. The smallest absolute Gasteiger partial charge is 0.230 e. The van der Waals surface area contributed by atoms with E-state index in [9.17, 15) is 34.8 Å². The van der Waals surface area contributed by atoms with Gasteiger partial charge in [-0.1, -0.05) is 12.1 Å². The molecule has 1 aromatic heterocycles. The number of hydrogen-bond donors (Lipinski definition) is 5. The van der Waals surface area contributed by atoms with E-state index in [-0.39, 0.29) is 29.7 Å². The number of aliphatic hydroxyl groups is 3. The molecule has 3 aliphatic carbocycles. The highest BCUT2D eigenvalue weighted by atomic mass is 16.3. The molecule has 5 rings (SSSR count). The monoisotopic (exact) mass is 521 g/mol. The highest BCUT2D eigenvalue weighted by Crippen LogP contribution is 2.52. The fourth-order valence-corrected chi connectivity index (χ4v) is 6.71. The minimum absolute atomic E-state index is 0.0908. The first-order valence-electron chi connectivity index (χ1n) is 12.6. The molecule has 10 nitrogen and oxygen atoms in total. The van der Waals surface area contributed by atoms with Crippen LogP contribution in [0, 0.1) is 17.8 Å². The molecule has 38 heavy (non-hydrogen) atoms. The summed E-state index contributed by atoms with van der Waals surface area (Å²) in [5.41, 5.74) is 5.14. The van der Waals surface area contributed by atoms with Crippen LogP contribution < -0.4 is 5.73 Å². The van der Waals surface area contributed by atoms with Crippen LogP contribution in [0.5, 0.6) is 5.75 Å². The van der Waals surface area contributed by atoms with Gasteiger partial charge in [0.1, 0.15) is 17.4 Å². The van der Waals surface area contributed by atoms with Gasteiger partial charge >= 0.3 is 0 Å². The number of amides is 1. The molecule has 0 spiro atoms. The number of fused-ring (bicyclic) bond motifs is 3. The maximum atomic E-state index is 13.9. The third kappa shape index (κ3) is 3.74. The first-order chi connectivity index (χ1) is 18.0. The number of carbonyl (C=O) groups excluding carboxylic acids is 3. The summed E-state index contributed by atoms with van der Waals surface area (Å²) in [5, 5.41) is 44.6. The van der Waals surface area contributed by atoms with Gasteiger partial charge in [-0.15, -0.1) is 0 Å². The van der Waals surface area contributed by atoms with Crippen LogP contribution in [-0.2, 0) is 33.6 Å². The van der Waals surface area contributed by atoms with E-state index in [2.05, 4.69) is 4.98 Å². The molecule has 1 aromatic carbocycles. The molecule has 0 saturated heterocycles. The van der Waals surface area contributed by atoms with Crippen molar-refractivity contribution in [3.8, 4) is 5.75 Å². The minimum Gasteiger partial charge on any atom is -0.507 e. The molecule has 200 valence electrons. The van der Waals surface area contributed by atoms with Gasteiger partial charge in [-0.3, -0.25) is 19.4 Å². The maximum Gasteiger partial charge on any atom is 0.230 e. The first kappa shape index (κ1) is 26.0. The zero-order valence-corrected chi connectivity index (χ0v) is 21.2. The summed E-state index contributed by atoms with van der Waals surface area (Å²) in [6.45, 7) is 0. The lowest BCUT2D eigenvalue weighted by Crippen LogP contribution is -2.73. The number of aromatic nitrogens is 1. The van der Waals surface area contributed by atoms with E-state index in [4.69, 9.17) is 5.73 Å². The van der Waals surface area contributed by atoms with Gasteiger partial charge in [0.2, 0.25) is 11.7 Å². The zero-order valence-electron chi connectivity index (χ0n) is 21.2. The van der Waals surface area contributed by atoms with E-state index >= 15 is 0 Å². The van der Waals surface area contributed by atoms with Gasteiger partial charge < -0.3 is 31.1 Å². The number of aromatic hydroxyl groups is 1.